The van der Waals surface area contributed by atoms with Crippen molar-refractivity contribution in [2.75, 3.05) is 13.6 Å². The lowest BCUT2D eigenvalue weighted by Crippen LogP contribution is -2.48. The van der Waals surface area contributed by atoms with E-state index in [0.29, 0.717) is 5.92 Å². The molecule has 0 spiro atoms. The fraction of sp³-hybridized carbons (Fsp3) is 0.750. The molecule has 0 radical (unpaired) electrons. The maximum Gasteiger partial charge on any atom is 0.311 e. The lowest BCUT2D eigenvalue weighted by Gasteiger charge is -2.35. The van der Waals surface area contributed by atoms with Gasteiger partial charge in [0.1, 0.15) is 6.54 Å². The van der Waals surface area contributed by atoms with Crippen LogP contribution in [0.1, 0.15) is 32.6 Å². The number of amides is 2. The van der Waals surface area contributed by atoms with Crippen molar-refractivity contribution < 1.29 is 9.59 Å². The molecule has 0 aromatic rings. The summed E-state index contributed by atoms with van der Waals surface area (Å²) >= 11 is 0. The van der Waals surface area contributed by atoms with E-state index in [2.05, 4.69) is 12.2 Å². The molecule has 1 N–H and O–H groups in total. The van der Waals surface area contributed by atoms with Crippen LogP contribution in [0.4, 0.5) is 0 Å². The zero-order valence-corrected chi connectivity index (χ0v) is 10.4. The van der Waals surface area contributed by atoms with Gasteiger partial charge < -0.3 is 10.2 Å². The molecule has 17 heavy (non-hydrogen) atoms. The molecular formula is C12H19N3O2. The molecule has 0 heterocycles. The Balaban J connectivity index is 2.56. The van der Waals surface area contributed by atoms with Crippen molar-refractivity contribution in [3.63, 3.8) is 0 Å². The predicted octanol–water partition coefficient (Wildman–Crippen LogP) is 0.663. The van der Waals surface area contributed by atoms with Crippen molar-refractivity contribution in [3.8, 4) is 6.07 Å². The number of nitrogens with zero attached hydrogens (tertiary/aromatic N) is 2. The van der Waals surface area contributed by atoms with Crippen molar-refractivity contribution in [1.29, 1.82) is 5.26 Å². The highest BCUT2D eigenvalue weighted by Crippen LogP contribution is 2.27. The Morgan fingerprint density at radius 3 is 2.65 bits per heavy atom. The third-order valence-electron chi connectivity index (χ3n) is 3.41. The Kier molecular flexibility index (Phi) is 4.95. The molecule has 1 aliphatic rings. The first kappa shape index (κ1) is 13.5. The average molecular weight is 237 g/mol. The molecule has 5 nitrogen and oxygen atoms in total. The Morgan fingerprint density at radius 1 is 1.41 bits per heavy atom. The normalized spacial score (nSPS) is 23.6. The van der Waals surface area contributed by atoms with Crippen molar-refractivity contribution in [2.45, 2.75) is 38.6 Å². The summed E-state index contributed by atoms with van der Waals surface area (Å²) in [7, 11) is 1.67. The first-order chi connectivity index (χ1) is 8.07. The molecule has 1 fully saturated rings. The number of carbonyl (C=O) groups excluding carboxylic acids is 2. The van der Waals surface area contributed by atoms with Crippen LogP contribution in [0.5, 0.6) is 0 Å². The highest BCUT2D eigenvalue weighted by Gasteiger charge is 2.30. The summed E-state index contributed by atoms with van der Waals surface area (Å²) in [6.07, 6.45) is 4.35. The van der Waals surface area contributed by atoms with Crippen LogP contribution in [0, 0.1) is 17.2 Å². The van der Waals surface area contributed by atoms with Gasteiger partial charge in [-0.1, -0.05) is 19.8 Å². The Hall–Kier alpha value is -1.57. The molecule has 2 unspecified atom stereocenters. The molecule has 1 rings (SSSR count). The first-order valence-electron chi connectivity index (χ1n) is 6.00. The van der Waals surface area contributed by atoms with E-state index in [1.165, 1.54) is 11.3 Å². The van der Waals surface area contributed by atoms with Gasteiger partial charge in [-0.3, -0.25) is 9.59 Å². The molecular weight excluding hydrogens is 218 g/mol. The van der Waals surface area contributed by atoms with E-state index in [1.54, 1.807) is 13.1 Å². The van der Waals surface area contributed by atoms with Gasteiger partial charge in [0.2, 0.25) is 0 Å². The molecule has 2 amide bonds. The summed E-state index contributed by atoms with van der Waals surface area (Å²) in [5.41, 5.74) is 0. The van der Waals surface area contributed by atoms with Crippen LogP contribution in [0.15, 0.2) is 0 Å². The SMILES string of the molecule is CC1CCCCC1N(C)C(=O)C(=O)NCC#N. The molecule has 1 aliphatic carbocycles. The number of rotatable bonds is 2. The van der Waals surface area contributed by atoms with Gasteiger partial charge in [0.05, 0.1) is 6.07 Å². The molecule has 0 bridgehead atoms. The van der Waals surface area contributed by atoms with Crippen LogP contribution in [-0.4, -0.2) is 36.3 Å². The number of nitrogens with one attached hydrogen (secondary N) is 1. The smallest absolute Gasteiger partial charge is 0.311 e. The van der Waals surface area contributed by atoms with Crippen molar-refractivity contribution >= 4 is 11.8 Å². The zero-order valence-electron chi connectivity index (χ0n) is 10.4. The van der Waals surface area contributed by atoms with Crippen molar-refractivity contribution in [2.24, 2.45) is 5.92 Å². The van der Waals surface area contributed by atoms with E-state index in [1.807, 2.05) is 0 Å². The lowest BCUT2D eigenvalue weighted by atomic mass is 9.85. The minimum absolute atomic E-state index is 0.126. The number of nitriles is 1. The molecule has 2 atom stereocenters. The highest BCUT2D eigenvalue weighted by molar-refractivity contribution is 6.35. The van der Waals surface area contributed by atoms with E-state index in [9.17, 15) is 9.59 Å². The third kappa shape index (κ3) is 3.45. The van der Waals surface area contributed by atoms with Gasteiger partial charge in [-0.25, -0.2) is 0 Å². The summed E-state index contributed by atoms with van der Waals surface area (Å²) in [5, 5.41) is 10.6. The van der Waals surface area contributed by atoms with Gasteiger partial charge in [-0.2, -0.15) is 5.26 Å². The molecule has 0 aromatic heterocycles. The van der Waals surface area contributed by atoms with Crippen molar-refractivity contribution in [1.82, 2.24) is 10.2 Å². The van der Waals surface area contributed by atoms with E-state index < -0.39 is 11.8 Å². The minimum atomic E-state index is -0.688. The molecule has 5 heteroatoms. The second-order valence-corrected chi connectivity index (χ2v) is 4.59. The predicted molar refractivity (Wildman–Crippen MR) is 62.8 cm³/mol. The van der Waals surface area contributed by atoms with Gasteiger partial charge in [0, 0.05) is 13.1 Å². The third-order valence-corrected chi connectivity index (χ3v) is 3.41. The summed E-state index contributed by atoms with van der Waals surface area (Å²) in [6.45, 7) is 1.99. The maximum atomic E-state index is 11.8. The van der Waals surface area contributed by atoms with E-state index in [-0.39, 0.29) is 12.6 Å². The number of likely N-dealkylation sites (N-methyl/N-ethyl adjacent to an activating group) is 1. The Bertz CT molecular complexity index is 335. The monoisotopic (exact) mass is 237 g/mol. The largest absolute Gasteiger partial charge is 0.335 e. The van der Waals surface area contributed by atoms with Crippen LogP contribution < -0.4 is 5.32 Å². The van der Waals surface area contributed by atoms with E-state index in [0.717, 1.165) is 19.3 Å². The summed E-state index contributed by atoms with van der Waals surface area (Å²) in [4.78, 5) is 24.8. The summed E-state index contributed by atoms with van der Waals surface area (Å²) in [5.74, 6) is -0.799. The molecule has 0 aliphatic heterocycles. The number of hydrogen-bond acceptors (Lipinski definition) is 3. The maximum absolute atomic E-state index is 11.8. The minimum Gasteiger partial charge on any atom is -0.335 e. The highest BCUT2D eigenvalue weighted by atomic mass is 16.2. The summed E-state index contributed by atoms with van der Waals surface area (Å²) in [6, 6.07) is 1.92. The fourth-order valence-corrected chi connectivity index (χ4v) is 2.38. The van der Waals surface area contributed by atoms with Gasteiger partial charge in [0.15, 0.2) is 0 Å². The van der Waals surface area contributed by atoms with Crippen LogP contribution in [0.25, 0.3) is 0 Å². The molecule has 0 saturated heterocycles. The Morgan fingerprint density at radius 2 is 2.06 bits per heavy atom. The fourth-order valence-electron chi connectivity index (χ4n) is 2.38. The number of carbonyl (C=O) groups is 2. The van der Waals surface area contributed by atoms with Crippen molar-refractivity contribution in [3.05, 3.63) is 0 Å². The Labute approximate surface area is 102 Å². The zero-order chi connectivity index (χ0) is 12.8. The quantitative estimate of drug-likeness (QED) is 0.566. The topological polar surface area (TPSA) is 73.2 Å². The summed E-state index contributed by atoms with van der Waals surface area (Å²) < 4.78 is 0. The van der Waals surface area contributed by atoms with Crippen LogP contribution >= 0.6 is 0 Å². The second kappa shape index (κ2) is 6.24. The number of hydrogen-bond donors (Lipinski definition) is 1. The molecule has 94 valence electrons. The first-order valence-corrected chi connectivity index (χ1v) is 6.00. The van der Waals surface area contributed by atoms with E-state index in [4.69, 9.17) is 5.26 Å². The van der Waals surface area contributed by atoms with Gasteiger partial charge in [-0.05, 0) is 18.8 Å². The second-order valence-electron chi connectivity index (χ2n) is 4.59. The average Bonchev–Trinajstić information content (AvgIpc) is 2.34. The molecule has 1 saturated carbocycles. The van der Waals surface area contributed by atoms with Crippen LogP contribution in [0.2, 0.25) is 0 Å². The molecule has 0 aromatic carbocycles. The van der Waals surface area contributed by atoms with E-state index >= 15 is 0 Å². The van der Waals surface area contributed by atoms with Crippen LogP contribution in [-0.2, 0) is 9.59 Å². The standard InChI is InChI=1S/C12H19N3O2/c1-9-5-3-4-6-10(9)15(2)12(17)11(16)14-8-7-13/h9-10H,3-6,8H2,1-2H3,(H,14,16). The van der Waals surface area contributed by atoms with Gasteiger partial charge in [0.25, 0.3) is 0 Å². The lowest BCUT2D eigenvalue weighted by molar-refractivity contribution is -0.147. The van der Waals surface area contributed by atoms with Crippen LogP contribution in [0.3, 0.4) is 0 Å². The van der Waals surface area contributed by atoms with Gasteiger partial charge in [-0.15, -0.1) is 0 Å². The van der Waals surface area contributed by atoms with Gasteiger partial charge >= 0.3 is 11.8 Å².